The SMILES string of the molecule is C[C@]12CCC(=NOCCCN)CC1[C@@H](CO)[C@@H](O)[C@@H]1[C@@H]2CC[C@]2(C)C(=O)CC[C@@H]12. The van der Waals surface area contributed by atoms with Crippen molar-refractivity contribution in [1.29, 1.82) is 0 Å². The van der Waals surface area contributed by atoms with Crippen molar-refractivity contribution >= 4 is 11.5 Å². The quantitative estimate of drug-likeness (QED) is 0.481. The minimum Gasteiger partial charge on any atom is -0.396 e. The minimum absolute atomic E-state index is 0.0106. The van der Waals surface area contributed by atoms with Gasteiger partial charge in [0.05, 0.1) is 11.8 Å². The molecular formula is C23H38N2O4. The van der Waals surface area contributed by atoms with Crippen molar-refractivity contribution in [2.75, 3.05) is 19.8 Å². The Morgan fingerprint density at radius 2 is 1.97 bits per heavy atom. The number of hydrogen-bond donors (Lipinski definition) is 3. The van der Waals surface area contributed by atoms with Crippen LogP contribution in [0.1, 0.15) is 65.2 Å². The molecule has 6 heteroatoms. The van der Waals surface area contributed by atoms with E-state index in [1.807, 2.05) is 0 Å². The summed E-state index contributed by atoms with van der Waals surface area (Å²) in [6, 6.07) is 0. The number of nitrogens with two attached hydrogens (primary N) is 1. The number of carbonyl (C=O) groups is 1. The first-order valence-electron chi connectivity index (χ1n) is 11.6. The first-order chi connectivity index (χ1) is 13.9. The van der Waals surface area contributed by atoms with Crippen LogP contribution in [0.5, 0.6) is 0 Å². The third kappa shape index (κ3) is 3.26. The van der Waals surface area contributed by atoms with Crippen molar-refractivity contribution in [3.8, 4) is 0 Å². The maximum atomic E-state index is 12.6. The van der Waals surface area contributed by atoms with E-state index in [2.05, 4.69) is 19.0 Å². The van der Waals surface area contributed by atoms with Gasteiger partial charge >= 0.3 is 0 Å². The van der Waals surface area contributed by atoms with Crippen molar-refractivity contribution in [2.24, 2.45) is 51.3 Å². The van der Waals surface area contributed by atoms with Gasteiger partial charge in [-0.2, -0.15) is 0 Å². The molecule has 0 aliphatic heterocycles. The largest absolute Gasteiger partial charge is 0.396 e. The summed E-state index contributed by atoms with van der Waals surface area (Å²) in [6.45, 7) is 5.62. The molecule has 6 nitrogen and oxygen atoms in total. The van der Waals surface area contributed by atoms with Crippen LogP contribution < -0.4 is 5.73 Å². The molecule has 4 saturated carbocycles. The van der Waals surface area contributed by atoms with Crippen molar-refractivity contribution in [3.63, 3.8) is 0 Å². The highest BCUT2D eigenvalue weighted by Gasteiger charge is 2.64. The smallest absolute Gasteiger partial charge is 0.139 e. The van der Waals surface area contributed by atoms with E-state index in [0.29, 0.717) is 31.3 Å². The Labute approximate surface area is 174 Å². The van der Waals surface area contributed by atoms with Gasteiger partial charge in [-0.05, 0) is 80.6 Å². The van der Waals surface area contributed by atoms with Gasteiger partial charge in [-0.25, -0.2) is 0 Å². The highest BCUT2D eigenvalue weighted by Crippen LogP contribution is 2.66. The molecule has 0 aromatic heterocycles. The summed E-state index contributed by atoms with van der Waals surface area (Å²) in [5.74, 6) is 1.22. The van der Waals surface area contributed by atoms with Crippen molar-refractivity contribution in [1.82, 2.24) is 0 Å². The minimum atomic E-state index is -0.545. The second-order valence-corrected chi connectivity index (χ2v) is 10.5. The van der Waals surface area contributed by atoms with Gasteiger partial charge in [0.15, 0.2) is 0 Å². The Kier molecular flexibility index (Phi) is 5.82. The van der Waals surface area contributed by atoms with E-state index in [9.17, 15) is 15.0 Å². The third-order valence-electron chi connectivity index (χ3n) is 9.34. The molecule has 4 aliphatic rings. The topological polar surface area (TPSA) is 105 Å². The molecule has 164 valence electrons. The van der Waals surface area contributed by atoms with Crippen LogP contribution in [-0.4, -0.2) is 47.6 Å². The number of fused-ring (bicyclic) bond motifs is 5. The van der Waals surface area contributed by atoms with Crippen LogP contribution in [0.3, 0.4) is 0 Å². The van der Waals surface area contributed by atoms with Gasteiger partial charge in [0.25, 0.3) is 0 Å². The van der Waals surface area contributed by atoms with E-state index >= 15 is 0 Å². The summed E-state index contributed by atoms with van der Waals surface area (Å²) in [7, 11) is 0. The van der Waals surface area contributed by atoms with E-state index in [4.69, 9.17) is 10.6 Å². The first-order valence-corrected chi connectivity index (χ1v) is 11.6. The average Bonchev–Trinajstić information content (AvgIpc) is 3.01. The summed E-state index contributed by atoms with van der Waals surface area (Å²) in [5.41, 5.74) is 6.36. The lowest BCUT2D eigenvalue weighted by Crippen LogP contribution is -2.62. The Bertz CT molecular complexity index is 667. The molecule has 0 aromatic carbocycles. The lowest BCUT2D eigenvalue weighted by Gasteiger charge is -2.63. The summed E-state index contributed by atoms with van der Waals surface area (Å²) in [5, 5.41) is 26.1. The molecule has 4 aliphatic carbocycles. The fourth-order valence-corrected chi connectivity index (χ4v) is 7.63. The zero-order chi connectivity index (χ0) is 20.8. The molecule has 0 spiro atoms. The fourth-order valence-electron chi connectivity index (χ4n) is 7.63. The molecule has 0 amide bonds. The van der Waals surface area contributed by atoms with Crippen LogP contribution in [0, 0.1) is 40.4 Å². The highest BCUT2D eigenvalue weighted by atomic mass is 16.6. The van der Waals surface area contributed by atoms with Gasteiger partial charge < -0.3 is 20.8 Å². The molecule has 0 heterocycles. The van der Waals surface area contributed by atoms with E-state index in [1.54, 1.807) is 0 Å². The Balaban J connectivity index is 1.60. The van der Waals surface area contributed by atoms with Crippen LogP contribution in [0.15, 0.2) is 5.16 Å². The number of rotatable bonds is 5. The predicted octanol–water partition coefficient (Wildman–Crippen LogP) is 2.51. The highest BCUT2D eigenvalue weighted by molar-refractivity contribution is 5.87. The number of aliphatic hydroxyl groups excluding tert-OH is 2. The molecule has 4 N–H and O–H groups in total. The summed E-state index contributed by atoms with van der Waals surface area (Å²) < 4.78 is 0. The lowest BCUT2D eigenvalue weighted by molar-refractivity contribution is -0.188. The number of ketones is 1. The van der Waals surface area contributed by atoms with E-state index in [-0.39, 0.29) is 41.1 Å². The molecule has 0 bridgehead atoms. The van der Waals surface area contributed by atoms with Crippen LogP contribution in [0.2, 0.25) is 0 Å². The lowest BCUT2D eigenvalue weighted by atomic mass is 9.42. The molecule has 0 radical (unpaired) electrons. The molecule has 4 rings (SSSR count). The molecule has 8 atom stereocenters. The normalized spacial score (nSPS) is 48.2. The number of aliphatic hydroxyl groups is 2. The third-order valence-corrected chi connectivity index (χ3v) is 9.34. The van der Waals surface area contributed by atoms with Crippen LogP contribution in [0.25, 0.3) is 0 Å². The summed E-state index contributed by atoms with van der Waals surface area (Å²) >= 11 is 0. The maximum absolute atomic E-state index is 12.6. The van der Waals surface area contributed by atoms with Gasteiger partial charge in [-0.1, -0.05) is 19.0 Å². The number of nitrogens with zero attached hydrogens (tertiary/aromatic N) is 1. The molecule has 0 saturated heterocycles. The van der Waals surface area contributed by atoms with Crippen molar-refractivity contribution in [3.05, 3.63) is 0 Å². The number of carbonyl (C=O) groups excluding carboxylic acids is 1. The van der Waals surface area contributed by atoms with Crippen LogP contribution in [-0.2, 0) is 9.63 Å². The number of Topliss-reactive ketones (excluding diaryl/α,β-unsaturated/α-hetero) is 1. The fraction of sp³-hybridized carbons (Fsp3) is 0.913. The van der Waals surface area contributed by atoms with Gasteiger partial charge in [-0.3, -0.25) is 4.79 Å². The maximum Gasteiger partial charge on any atom is 0.139 e. The van der Waals surface area contributed by atoms with E-state index < -0.39 is 6.10 Å². The van der Waals surface area contributed by atoms with Crippen molar-refractivity contribution in [2.45, 2.75) is 71.3 Å². The van der Waals surface area contributed by atoms with Crippen molar-refractivity contribution < 1.29 is 19.8 Å². The first kappa shape index (κ1) is 21.3. The zero-order valence-corrected chi connectivity index (χ0v) is 18.0. The molecule has 4 fully saturated rings. The van der Waals surface area contributed by atoms with Gasteiger partial charge in [0.2, 0.25) is 0 Å². The second-order valence-electron chi connectivity index (χ2n) is 10.5. The average molecular weight is 407 g/mol. The zero-order valence-electron chi connectivity index (χ0n) is 18.0. The van der Waals surface area contributed by atoms with E-state index in [0.717, 1.165) is 50.7 Å². The van der Waals surface area contributed by atoms with Gasteiger partial charge in [0, 0.05) is 24.4 Å². The Morgan fingerprint density at radius 1 is 1.17 bits per heavy atom. The van der Waals surface area contributed by atoms with Gasteiger partial charge in [-0.15, -0.1) is 0 Å². The summed E-state index contributed by atoms with van der Waals surface area (Å²) in [4.78, 5) is 18.1. The molecular weight excluding hydrogens is 368 g/mol. The monoisotopic (exact) mass is 406 g/mol. The molecule has 0 aromatic rings. The Morgan fingerprint density at radius 3 is 2.69 bits per heavy atom. The van der Waals surface area contributed by atoms with Crippen LogP contribution in [0.4, 0.5) is 0 Å². The van der Waals surface area contributed by atoms with E-state index in [1.165, 1.54) is 0 Å². The standard InChI is InChI=1S/C23H38N2O4/c1-22-8-6-14(25-29-11-3-10-24)12-18(22)15(13-26)21(28)20-16-4-5-19(27)23(16,2)9-7-17(20)22/h15-18,20-21,26,28H,3-13,24H2,1-2H3/t15-,16+,17+,18?,20+,21-,22-,23+/m1/s1. The van der Waals surface area contributed by atoms with Crippen LogP contribution >= 0.6 is 0 Å². The second kappa shape index (κ2) is 7.93. The molecule has 1 unspecified atom stereocenters. The summed E-state index contributed by atoms with van der Waals surface area (Å²) in [6.07, 6.45) is 6.45. The number of hydrogen-bond acceptors (Lipinski definition) is 6. The Hall–Kier alpha value is -0.980. The van der Waals surface area contributed by atoms with Gasteiger partial charge in [0.1, 0.15) is 12.4 Å². The molecule has 29 heavy (non-hydrogen) atoms. The number of oxime groups is 1. The predicted molar refractivity (Wildman–Crippen MR) is 111 cm³/mol.